The summed E-state index contributed by atoms with van der Waals surface area (Å²) in [6, 6.07) is 10.1. The summed E-state index contributed by atoms with van der Waals surface area (Å²) in [5.41, 5.74) is 0.581. The van der Waals surface area contributed by atoms with Crippen LogP contribution < -0.4 is 5.32 Å². The molecule has 1 atom stereocenters. The monoisotopic (exact) mass is 455 g/mol. The molecule has 4 rings (SSSR count). The fraction of sp³-hybridized carbons (Fsp3) is 0.400. The van der Waals surface area contributed by atoms with Crippen LogP contribution in [0.1, 0.15) is 46.4 Å². The molecule has 3 amide bonds. The summed E-state index contributed by atoms with van der Waals surface area (Å²) >= 11 is 0. The van der Waals surface area contributed by atoms with Gasteiger partial charge in [0, 0.05) is 37.3 Å². The Hall–Kier alpha value is -3.29. The number of nitrogens with one attached hydrogen (secondary N) is 1. The molecule has 2 aromatic carbocycles. The van der Waals surface area contributed by atoms with E-state index in [1.165, 1.54) is 42.5 Å². The lowest BCUT2D eigenvalue weighted by molar-refractivity contribution is -0.134. The molecule has 1 unspecified atom stereocenters. The normalized spacial score (nSPS) is 17.6. The maximum atomic E-state index is 13.5. The third-order valence-electron chi connectivity index (χ3n) is 6.45. The molecular weight excluding hydrogens is 428 g/mol. The number of halogens is 2. The Morgan fingerprint density at radius 3 is 2.12 bits per heavy atom. The zero-order chi connectivity index (χ0) is 23.4. The predicted octanol–water partition coefficient (Wildman–Crippen LogP) is 3.24. The van der Waals surface area contributed by atoms with Crippen LogP contribution in [0.4, 0.5) is 8.78 Å². The second-order valence-electron chi connectivity index (χ2n) is 8.63. The first-order chi connectivity index (χ1) is 15.9. The molecule has 0 aliphatic carbocycles. The average molecular weight is 456 g/mol. The molecule has 0 saturated carbocycles. The van der Waals surface area contributed by atoms with Crippen LogP contribution >= 0.6 is 0 Å². The van der Waals surface area contributed by atoms with Crippen LogP contribution in [0.2, 0.25) is 0 Å². The minimum Gasteiger partial charge on any atom is -0.341 e. The van der Waals surface area contributed by atoms with E-state index in [2.05, 4.69) is 5.32 Å². The summed E-state index contributed by atoms with van der Waals surface area (Å²) in [6.45, 7) is 2.16. The lowest BCUT2D eigenvalue weighted by Crippen LogP contribution is -2.54. The summed E-state index contributed by atoms with van der Waals surface area (Å²) < 4.78 is 26.7. The highest BCUT2D eigenvalue weighted by Gasteiger charge is 2.37. The molecule has 0 radical (unpaired) electrons. The van der Waals surface area contributed by atoms with Gasteiger partial charge >= 0.3 is 0 Å². The molecule has 1 N–H and O–H groups in total. The molecular formula is C25H27F2N3O3. The Kier molecular flexibility index (Phi) is 7.01. The fourth-order valence-corrected chi connectivity index (χ4v) is 4.58. The van der Waals surface area contributed by atoms with E-state index in [0.29, 0.717) is 44.6 Å². The molecule has 2 heterocycles. The molecule has 2 fully saturated rings. The van der Waals surface area contributed by atoms with Crippen LogP contribution in [0.15, 0.2) is 48.5 Å². The first-order valence-electron chi connectivity index (χ1n) is 11.3. The number of nitrogens with zero attached hydrogens (tertiary/aromatic N) is 2. The van der Waals surface area contributed by atoms with Crippen molar-refractivity contribution in [1.29, 1.82) is 0 Å². The predicted molar refractivity (Wildman–Crippen MR) is 118 cm³/mol. The Morgan fingerprint density at radius 2 is 1.48 bits per heavy atom. The number of rotatable bonds is 5. The minimum atomic E-state index is -0.716. The Balaban J connectivity index is 1.45. The zero-order valence-corrected chi connectivity index (χ0v) is 18.3. The molecule has 0 aromatic heterocycles. The number of carbonyl (C=O) groups excluding carboxylic acids is 3. The summed E-state index contributed by atoms with van der Waals surface area (Å²) in [7, 11) is 0. The molecule has 6 nitrogen and oxygen atoms in total. The topological polar surface area (TPSA) is 69.7 Å². The number of carbonyl (C=O) groups is 3. The standard InChI is InChI=1S/C25H27F2N3O3/c26-20-8-6-18(7-9-20)23(31)28-22(25(33)29-12-1-2-13-29)17-10-14-30(15-11-17)24(32)19-4-3-5-21(27)16-19/h3-9,16-17,22H,1-2,10-15H2,(H,28,31). The SMILES string of the molecule is O=C(NC(C(=O)N1CCCC1)C1CCN(C(=O)c2cccc(F)c2)CC1)c1ccc(F)cc1. The van der Waals surface area contributed by atoms with Gasteiger partial charge in [0.25, 0.3) is 11.8 Å². The Labute approximate surface area is 191 Å². The maximum absolute atomic E-state index is 13.5. The van der Waals surface area contributed by atoms with E-state index in [4.69, 9.17) is 0 Å². The van der Waals surface area contributed by atoms with Gasteiger partial charge in [0.05, 0.1) is 0 Å². The van der Waals surface area contributed by atoms with Crippen LogP contribution in [-0.2, 0) is 4.79 Å². The van der Waals surface area contributed by atoms with Crippen molar-refractivity contribution in [2.75, 3.05) is 26.2 Å². The van der Waals surface area contributed by atoms with Crippen molar-refractivity contribution in [2.45, 2.75) is 31.7 Å². The second-order valence-corrected chi connectivity index (χ2v) is 8.63. The highest BCUT2D eigenvalue weighted by Crippen LogP contribution is 2.25. The van der Waals surface area contributed by atoms with Crippen molar-refractivity contribution < 1.29 is 23.2 Å². The van der Waals surface area contributed by atoms with Gasteiger partial charge in [0.1, 0.15) is 17.7 Å². The molecule has 2 aliphatic heterocycles. The van der Waals surface area contributed by atoms with Crippen molar-refractivity contribution in [3.63, 3.8) is 0 Å². The van der Waals surface area contributed by atoms with Gasteiger partial charge in [-0.15, -0.1) is 0 Å². The van der Waals surface area contributed by atoms with Gasteiger partial charge in [-0.05, 0) is 74.1 Å². The van der Waals surface area contributed by atoms with Crippen molar-refractivity contribution in [1.82, 2.24) is 15.1 Å². The third kappa shape index (κ3) is 5.38. The molecule has 33 heavy (non-hydrogen) atoms. The van der Waals surface area contributed by atoms with Gasteiger partial charge in [0.2, 0.25) is 5.91 Å². The molecule has 8 heteroatoms. The van der Waals surface area contributed by atoms with Crippen LogP contribution in [-0.4, -0.2) is 59.7 Å². The smallest absolute Gasteiger partial charge is 0.253 e. The maximum Gasteiger partial charge on any atom is 0.253 e. The van der Waals surface area contributed by atoms with E-state index in [-0.39, 0.29) is 23.3 Å². The number of benzene rings is 2. The Morgan fingerprint density at radius 1 is 0.818 bits per heavy atom. The van der Waals surface area contributed by atoms with Gasteiger partial charge in [-0.3, -0.25) is 14.4 Å². The fourth-order valence-electron chi connectivity index (χ4n) is 4.58. The highest BCUT2D eigenvalue weighted by atomic mass is 19.1. The van der Waals surface area contributed by atoms with E-state index in [1.807, 2.05) is 0 Å². The third-order valence-corrected chi connectivity index (χ3v) is 6.45. The summed E-state index contributed by atoms with van der Waals surface area (Å²) in [4.78, 5) is 42.3. The van der Waals surface area contributed by atoms with Crippen LogP contribution in [0.5, 0.6) is 0 Å². The largest absolute Gasteiger partial charge is 0.341 e. The number of hydrogen-bond donors (Lipinski definition) is 1. The molecule has 2 saturated heterocycles. The van der Waals surface area contributed by atoms with E-state index in [9.17, 15) is 23.2 Å². The van der Waals surface area contributed by atoms with Gasteiger partial charge in [-0.1, -0.05) is 6.07 Å². The minimum absolute atomic E-state index is 0.113. The van der Waals surface area contributed by atoms with Crippen molar-refractivity contribution >= 4 is 17.7 Å². The highest BCUT2D eigenvalue weighted by molar-refractivity contribution is 5.98. The molecule has 2 aromatic rings. The average Bonchev–Trinajstić information content (AvgIpc) is 3.37. The number of hydrogen-bond acceptors (Lipinski definition) is 3. The number of piperidine rings is 1. The molecule has 174 valence electrons. The second kappa shape index (κ2) is 10.1. The van der Waals surface area contributed by atoms with Gasteiger partial charge in [0.15, 0.2) is 0 Å². The summed E-state index contributed by atoms with van der Waals surface area (Å²) in [5, 5.41) is 2.88. The van der Waals surface area contributed by atoms with Crippen LogP contribution in [0.3, 0.4) is 0 Å². The van der Waals surface area contributed by atoms with E-state index in [1.54, 1.807) is 15.9 Å². The van der Waals surface area contributed by atoms with Crippen molar-refractivity contribution in [3.8, 4) is 0 Å². The Bertz CT molecular complexity index is 1010. The van der Waals surface area contributed by atoms with E-state index in [0.717, 1.165) is 12.8 Å². The summed E-state index contributed by atoms with van der Waals surface area (Å²) in [6.07, 6.45) is 2.94. The first kappa shape index (κ1) is 22.9. The quantitative estimate of drug-likeness (QED) is 0.753. The first-order valence-corrected chi connectivity index (χ1v) is 11.3. The number of likely N-dealkylation sites (tertiary alicyclic amines) is 2. The lowest BCUT2D eigenvalue weighted by atomic mass is 9.88. The van der Waals surface area contributed by atoms with Gasteiger partial charge < -0.3 is 15.1 Å². The lowest BCUT2D eigenvalue weighted by Gasteiger charge is -2.37. The molecule has 0 spiro atoms. The van der Waals surface area contributed by atoms with Gasteiger partial charge in [-0.25, -0.2) is 8.78 Å². The zero-order valence-electron chi connectivity index (χ0n) is 18.3. The van der Waals surface area contributed by atoms with E-state index < -0.39 is 23.6 Å². The van der Waals surface area contributed by atoms with Gasteiger partial charge in [-0.2, -0.15) is 0 Å². The van der Waals surface area contributed by atoms with Crippen LogP contribution in [0, 0.1) is 17.6 Å². The van der Waals surface area contributed by atoms with Crippen LogP contribution in [0.25, 0.3) is 0 Å². The van der Waals surface area contributed by atoms with E-state index >= 15 is 0 Å². The number of amides is 3. The van der Waals surface area contributed by atoms with Crippen molar-refractivity contribution in [3.05, 3.63) is 71.3 Å². The molecule has 0 bridgehead atoms. The van der Waals surface area contributed by atoms with Crippen molar-refractivity contribution in [2.24, 2.45) is 5.92 Å². The summed E-state index contributed by atoms with van der Waals surface area (Å²) in [5.74, 6) is -1.82. The molecule has 2 aliphatic rings.